The highest BCUT2D eigenvalue weighted by Crippen LogP contribution is 1.79. The minimum Gasteiger partial charge on any atom is -0.382 e. The second-order valence-electron chi connectivity index (χ2n) is 2.77. The molecule has 6 heteroatoms. The molecule has 0 aromatic heterocycles. The van der Waals surface area contributed by atoms with Crippen LogP contribution in [0.4, 0.5) is 0 Å². The Kier molecular flexibility index (Phi) is 10.9. The number of carbonyl (C=O) groups excluding carboxylic acids is 1. The first-order valence-corrected chi connectivity index (χ1v) is 4.92. The van der Waals surface area contributed by atoms with Crippen molar-refractivity contribution in [3.63, 3.8) is 0 Å². The van der Waals surface area contributed by atoms with Gasteiger partial charge in [0.15, 0.2) is 0 Å². The average molecular weight is 220 g/mol. The van der Waals surface area contributed by atoms with Crippen LogP contribution in [0.5, 0.6) is 0 Å². The van der Waals surface area contributed by atoms with Gasteiger partial charge < -0.3 is 25.3 Å². The molecule has 0 rings (SSSR count). The predicted molar refractivity (Wildman–Crippen MR) is 55.6 cm³/mol. The molecule has 1 amide bonds. The largest absolute Gasteiger partial charge is 0.382 e. The molecule has 0 aliphatic heterocycles. The third-order valence-electron chi connectivity index (χ3n) is 1.56. The lowest BCUT2D eigenvalue weighted by Crippen LogP contribution is -2.32. The van der Waals surface area contributed by atoms with E-state index in [-0.39, 0.29) is 12.5 Å². The van der Waals surface area contributed by atoms with Crippen LogP contribution in [0.1, 0.15) is 0 Å². The summed E-state index contributed by atoms with van der Waals surface area (Å²) in [6.07, 6.45) is 0. The molecule has 0 saturated heterocycles. The smallest absolute Gasteiger partial charge is 0.233 e. The van der Waals surface area contributed by atoms with Gasteiger partial charge in [0.2, 0.25) is 5.91 Å². The van der Waals surface area contributed by atoms with E-state index in [1.165, 1.54) is 0 Å². The molecule has 6 nitrogen and oxygen atoms in total. The summed E-state index contributed by atoms with van der Waals surface area (Å²) in [5.74, 6) is -0.171. The minimum absolute atomic E-state index is 0.0140. The van der Waals surface area contributed by atoms with Gasteiger partial charge in [0.25, 0.3) is 0 Å². The van der Waals surface area contributed by atoms with Gasteiger partial charge in [0, 0.05) is 13.7 Å². The first kappa shape index (κ1) is 14.3. The summed E-state index contributed by atoms with van der Waals surface area (Å²) < 4.78 is 15.2. The maximum atomic E-state index is 10.7. The standard InChI is InChI=1S/C9H20N2O4/c1-13-4-5-15-7-6-14-3-2-11-9(12)8-10/h2-8,10H2,1H3,(H,11,12). The number of hydrogen-bond donors (Lipinski definition) is 2. The lowest BCUT2D eigenvalue weighted by atomic mass is 10.5. The van der Waals surface area contributed by atoms with Crippen molar-refractivity contribution in [2.24, 2.45) is 5.73 Å². The Balaban J connectivity index is 2.95. The number of methoxy groups -OCH3 is 1. The monoisotopic (exact) mass is 220 g/mol. The number of amides is 1. The van der Waals surface area contributed by atoms with Crippen LogP contribution in [0, 0.1) is 0 Å². The van der Waals surface area contributed by atoms with E-state index in [4.69, 9.17) is 19.9 Å². The molecule has 3 N–H and O–H groups in total. The quantitative estimate of drug-likeness (QED) is 0.449. The van der Waals surface area contributed by atoms with Gasteiger partial charge in [-0.25, -0.2) is 0 Å². The lowest BCUT2D eigenvalue weighted by Gasteiger charge is -2.06. The molecule has 0 fully saturated rings. The van der Waals surface area contributed by atoms with E-state index < -0.39 is 0 Å². The van der Waals surface area contributed by atoms with Gasteiger partial charge >= 0.3 is 0 Å². The van der Waals surface area contributed by atoms with Crippen molar-refractivity contribution >= 4 is 5.91 Å². The van der Waals surface area contributed by atoms with Gasteiger partial charge in [0.1, 0.15) is 0 Å². The minimum atomic E-state index is -0.171. The predicted octanol–water partition coefficient (Wildman–Crippen LogP) is -1.26. The lowest BCUT2D eigenvalue weighted by molar-refractivity contribution is -0.120. The van der Waals surface area contributed by atoms with E-state index in [2.05, 4.69) is 5.32 Å². The van der Waals surface area contributed by atoms with Crippen LogP contribution in [0.15, 0.2) is 0 Å². The molecular weight excluding hydrogens is 200 g/mol. The molecule has 0 heterocycles. The van der Waals surface area contributed by atoms with E-state index in [9.17, 15) is 4.79 Å². The SMILES string of the molecule is COCCOCCOCCNC(=O)CN. The third-order valence-corrected chi connectivity index (χ3v) is 1.56. The number of hydrogen-bond acceptors (Lipinski definition) is 5. The van der Waals surface area contributed by atoms with Crippen LogP contribution in [-0.4, -0.2) is 59.1 Å². The fourth-order valence-electron chi connectivity index (χ4n) is 0.799. The number of nitrogens with two attached hydrogens (primary N) is 1. The number of rotatable bonds is 10. The highest BCUT2D eigenvalue weighted by molar-refractivity contribution is 5.77. The van der Waals surface area contributed by atoms with Crippen LogP contribution in [0.25, 0.3) is 0 Å². The normalized spacial score (nSPS) is 10.3. The first-order chi connectivity index (χ1) is 7.31. The first-order valence-electron chi connectivity index (χ1n) is 4.92. The maximum Gasteiger partial charge on any atom is 0.233 e. The van der Waals surface area contributed by atoms with E-state index in [0.717, 1.165) is 0 Å². The van der Waals surface area contributed by atoms with Crippen molar-refractivity contribution in [3.8, 4) is 0 Å². The van der Waals surface area contributed by atoms with Crippen molar-refractivity contribution in [2.75, 3.05) is 53.2 Å². The molecule has 0 spiro atoms. The van der Waals surface area contributed by atoms with E-state index in [1.807, 2.05) is 0 Å². The zero-order valence-electron chi connectivity index (χ0n) is 9.16. The fourth-order valence-corrected chi connectivity index (χ4v) is 0.799. The fraction of sp³-hybridized carbons (Fsp3) is 0.889. The van der Waals surface area contributed by atoms with Crippen molar-refractivity contribution in [3.05, 3.63) is 0 Å². The molecule has 15 heavy (non-hydrogen) atoms. The van der Waals surface area contributed by atoms with Gasteiger partial charge in [-0.2, -0.15) is 0 Å². The van der Waals surface area contributed by atoms with Gasteiger partial charge in [-0.15, -0.1) is 0 Å². The molecule has 0 atom stereocenters. The number of carbonyl (C=O) groups is 1. The Morgan fingerprint density at radius 1 is 1.13 bits per heavy atom. The number of nitrogens with one attached hydrogen (secondary N) is 1. The summed E-state index contributed by atoms with van der Waals surface area (Å²) in [4.78, 5) is 10.7. The zero-order valence-corrected chi connectivity index (χ0v) is 9.16. The average Bonchev–Trinajstić information content (AvgIpc) is 2.26. The molecule has 0 unspecified atom stereocenters. The van der Waals surface area contributed by atoms with Crippen LogP contribution in [-0.2, 0) is 19.0 Å². The number of ether oxygens (including phenoxy) is 3. The Morgan fingerprint density at radius 3 is 2.33 bits per heavy atom. The van der Waals surface area contributed by atoms with Crippen LogP contribution >= 0.6 is 0 Å². The second kappa shape index (κ2) is 11.4. The highest BCUT2D eigenvalue weighted by atomic mass is 16.5. The molecule has 0 bridgehead atoms. The Morgan fingerprint density at radius 2 is 1.73 bits per heavy atom. The zero-order chi connectivity index (χ0) is 11.4. The van der Waals surface area contributed by atoms with Crippen LogP contribution in [0.2, 0.25) is 0 Å². The Labute approximate surface area is 90.1 Å². The molecule has 90 valence electrons. The molecule has 0 aliphatic carbocycles. The molecule has 0 aromatic carbocycles. The molecule has 0 aliphatic rings. The van der Waals surface area contributed by atoms with E-state index in [1.54, 1.807) is 7.11 Å². The second-order valence-corrected chi connectivity index (χ2v) is 2.77. The maximum absolute atomic E-state index is 10.7. The molecular formula is C9H20N2O4. The van der Waals surface area contributed by atoms with Crippen LogP contribution in [0.3, 0.4) is 0 Å². The van der Waals surface area contributed by atoms with Gasteiger partial charge in [-0.3, -0.25) is 4.79 Å². The Bertz CT molecular complexity index is 155. The summed E-state index contributed by atoms with van der Waals surface area (Å²) in [5.41, 5.74) is 5.10. The summed E-state index contributed by atoms with van der Waals surface area (Å²) >= 11 is 0. The van der Waals surface area contributed by atoms with Gasteiger partial charge in [-0.1, -0.05) is 0 Å². The van der Waals surface area contributed by atoms with E-state index in [0.29, 0.717) is 39.6 Å². The van der Waals surface area contributed by atoms with Crippen molar-refractivity contribution in [1.29, 1.82) is 0 Å². The van der Waals surface area contributed by atoms with Gasteiger partial charge in [-0.05, 0) is 0 Å². The molecule has 0 saturated carbocycles. The topological polar surface area (TPSA) is 82.8 Å². The molecule has 0 radical (unpaired) electrons. The Hall–Kier alpha value is -0.690. The summed E-state index contributed by atoms with van der Waals surface area (Å²) in [5, 5.41) is 2.59. The molecule has 0 aromatic rings. The summed E-state index contributed by atoms with van der Waals surface area (Å²) in [6, 6.07) is 0. The summed E-state index contributed by atoms with van der Waals surface area (Å²) in [6.45, 7) is 3.18. The van der Waals surface area contributed by atoms with E-state index >= 15 is 0 Å². The van der Waals surface area contributed by atoms with Gasteiger partial charge in [0.05, 0.1) is 39.6 Å². The van der Waals surface area contributed by atoms with Crippen molar-refractivity contribution < 1.29 is 19.0 Å². The highest BCUT2D eigenvalue weighted by Gasteiger charge is 1.95. The van der Waals surface area contributed by atoms with Crippen LogP contribution < -0.4 is 11.1 Å². The third kappa shape index (κ3) is 11.2. The summed E-state index contributed by atoms with van der Waals surface area (Å²) in [7, 11) is 1.62. The van der Waals surface area contributed by atoms with Crippen molar-refractivity contribution in [2.45, 2.75) is 0 Å². The van der Waals surface area contributed by atoms with Crippen molar-refractivity contribution in [1.82, 2.24) is 5.32 Å².